The van der Waals surface area contributed by atoms with Gasteiger partial charge in [0.25, 0.3) is 0 Å². The summed E-state index contributed by atoms with van der Waals surface area (Å²) in [6, 6.07) is 0. The minimum Gasteiger partial charge on any atom is -0.319 e. The van der Waals surface area contributed by atoms with Crippen LogP contribution in [0.5, 0.6) is 0 Å². The topological polar surface area (TPSA) is 12.0 Å². The normalized spacial score (nSPS) is 17.4. The summed E-state index contributed by atoms with van der Waals surface area (Å²) in [5.74, 6) is 0. The van der Waals surface area contributed by atoms with Gasteiger partial charge in [-0.2, -0.15) is 0 Å². The second kappa shape index (κ2) is 6.12. The lowest BCUT2D eigenvalue weighted by molar-refractivity contribution is 0.794. The molecule has 1 N–H and O–H groups in total. The molecule has 1 atom stereocenters. The summed E-state index contributed by atoms with van der Waals surface area (Å²) in [5, 5.41) is 4.72. The first-order valence-electron chi connectivity index (χ1n) is 4.75. The van der Waals surface area contributed by atoms with Gasteiger partial charge >= 0.3 is 0 Å². The predicted molar refractivity (Wildman–Crippen MR) is 62.7 cm³/mol. The molecule has 0 aromatic heterocycles. The third-order valence-electron chi connectivity index (χ3n) is 2.15. The lowest BCUT2D eigenvalue weighted by Gasteiger charge is -1.98. The standard InChI is InChI=1S/C11H18NP/c1-12-9-8-10-4-3-5-11(13-2)7-6-10/h3-4,6-7,12-13H,5,8-9H2,1-2H3. The average molecular weight is 195 g/mol. The molecule has 0 spiro atoms. The van der Waals surface area contributed by atoms with Gasteiger partial charge in [-0.1, -0.05) is 32.9 Å². The molecule has 0 saturated carbocycles. The van der Waals surface area contributed by atoms with Crippen LogP contribution in [0.25, 0.3) is 0 Å². The Labute approximate surface area is 82.8 Å². The number of allylic oxidation sites excluding steroid dienone is 5. The maximum absolute atomic E-state index is 3.17. The van der Waals surface area contributed by atoms with Gasteiger partial charge in [0.15, 0.2) is 0 Å². The van der Waals surface area contributed by atoms with Crippen LogP contribution in [-0.2, 0) is 0 Å². The summed E-state index contributed by atoms with van der Waals surface area (Å²) >= 11 is 0. The first-order chi connectivity index (χ1) is 6.36. The number of rotatable bonds is 4. The summed E-state index contributed by atoms with van der Waals surface area (Å²) in [6.45, 7) is 3.31. The fourth-order valence-corrected chi connectivity index (χ4v) is 1.86. The van der Waals surface area contributed by atoms with Crippen LogP contribution in [0.1, 0.15) is 12.8 Å². The highest BCUT2D eigenvalue weighted by Gasteiger charge is 1.97. The maximum Gasteiger partial charge on any atom is -0.00114 e. The molecule has 0 aromatic carbocycles. The summed E-state index contributed by atoms with van der Waals surface area (Å²) in [5.41, 5.74) is 1.43. The largest absolute Gasteiger partial charge is 0.319 e. The molecule has 0 fully saturated rings. The van der Waals surface area contributed by atoms with E-state index in [0.717, 1.165) is 28.0 Å². The van der Waals surface area contributed by atoms with Crippen molar-refractivity contribution in [1.82, 2.24) is 5.32 Å². The Bertz CT molecular complexity index is 238. The molecule has 0 amide bonds. The van der Waals surface area contributed by atoms with E-state index in [4.69, 9.17) is 0 Å². The van der Waals surface area contributed by atoms with Crippen molar-refractivity contribution in [2.45, 2.75) is 12.8 Å². The Balaban J connectivity index is 2.54. The SMILES string of the molecule is CNCCC1=CC=C(PC)CC=C1. The van der Waals surface area contributed by atoms with Crippen molar-refractivity contribution in [2.24, 2.45) is 0 Å². The van der Waals surface area contributed by atoms with Gasteiger partial charge in [-0.25, -0.2) is 0 Å². The highest BCUT2D eigenvalue weighted by atomic mass is 31.1. The van der Waals surface area contributed by atoms with Crippen LogP contribution in [0.4, 0.5) is 0 Å². The van der Waals surface area contributed by atoms with E-state index in [-0.39, 0.29) is 0 Å². The Kier molecular flexibility index (Phi) is 5.03. The summed E-state index contributed by atoms with van der Waals surface area (Å²) < 4.78 is 0. The van der Waals surface area contributed by atoms with Gasteiger partial charge in [-0.15, -0.1) is 0 Å². The van der Waals surface area contributed by atoms with E-state index >= 15 is 0 Å². The van der Waals surface area contributed by atoms with Gasteiger partial charge in [0.05, 0.1) is 0 Å². The van der Waals surface area contributed by atoms with Crippen LogP contribution in [0, 0.1) is 0 Å². The average Bonchev–Trinajstić information content (AvgIpc) is 2.39. The van der Waals surface area contributed by atoms with Crippen LogP contribution in [-0.4, -0.2) is 20.3 Å². The van der Waals surface area contributed by atoms with Crippen molar-refractivity contribution in [3.63, 3.8) is 0 Å². The number of hydrogen-bond acceptors (Lipinski definition) is 1. The van der Waals surface area contributed by atoms with Gasteiger partial charge in [0.2, 0.25) is 0 Å². The van der Waals surface area contributed by atoms with Gasteiger partial charge in [-0.05, 0) is 44.0 Å². The molecular weight excluding hydrogens is 177 g/mol. The second-order valence-corrected chi connectivity index (χ2v) is 4.29. The molecule has 72 valence electrons. The summed E-state index contributed by atoms with van der Waals surface area (Å²) in [4.78, 5) is 0. The third kappa shape index (κ3) is 3.89. The Hall–Kier alpha value is -0.390. The van der Waals surface area contributed by atoms with E-state index in [0.29, 0.717) is 0 Å². The minimum absolute atomic E-state index is 0.944. The molecule has 2 heteroatoms. The molecule has 0 aromatic rings. The smallest absolute Gasteiger partial charge is 0.00114 e. The zero-order valence-electron chi connectivity index (χ0n) is 8.43. The molecule has 0 aliphatic heterocycles. The molecule has 1 nitrogen and oxygen atoms in total. The van der Waals surface area contributed by atoms with Gasteiger partial charge in [0.1, 0.15) is 0 Å². The molecular formula is C11H18NP. The summed E-state index contributed by atoms with van der Waals surface area (Å²) in [7, 11) is 2.94. The van der Waals surface area contributed by atoms with Crippen LogP contribution < -0.4 is 5.32 Å². The fourth-order valence-electron chi connectivity index (χ4n) is 1.29. The highest BCUT2D eigenvalue weighted by molar-refractivity contribution is 7.42. The van der Waals surface area contributed by atoms with E-state index in [1.54, 1.807) is 5.31 Å². The zero-order valence-corrected chi connectivity index (χ0v) is 9.43. The minimum atomic E-state index is 0.944. The third-order valence-corrected chi connectivity index (χ3v) is 3.17. The molecule has 0 radical (unpaired) electrons. The van der Waals surface area contributed by atoms with Gasteiger partial charge in [0, 0.05) is 0 Å². The molecule has 1 unspecified atom stereocenters. The van der Waals surface area contributed by atoms with Crippen molar-refractivity contribution in [1.29, 1.82) is 0 Å². The number of hydrogen-bond donors (Lipinski definition) is 1. The fraction of sp³-hybridized carbons (Fsp3) is 0.455. The van der Waals surface area contributed by atoms with Crippen LogP contribution in [0.15, 0.2) is 35.2 Å². The first-order valence-corrected chi connectivity index (χ1v) is 6.25. The van der Waals surface area contributed by atoms with Gasteiger partial charge < -0.3 is 5.32 Å². The van der Waals surface area contributed by atoms with E-state index < -0.39 is 0 Å². The zero-order chi connectivity index (χ0) is 9.52. The molecule has 1 aliphatic carbocycles. The molecule has 13 heavy (non-hydrogen) atoms. The van der Waals surface area contributed by atoms with E-state index in [2.05, 4.69) is 36.3 Å². The molecule has 0 saturated heterocycles. The Morgan fingerprint density at radius 3 is 3.00 bits per heavy atom. The monoisotopic (exact) mass is 195 g/mol. The molecule has 1 aliphatic rings. The van der Waals surface area contributed by atoms with E-state index in [1.807, 2.05) is 7.05 Å². The molecule has 0 bridgehead atoms. The van der Waals surface area contributed by atoms with Crippen molar-refractivity contribution in [3.8, 4) is 0 Å². The van der Waals surface area contributed by atoms with E-state index in [1.165, 1.54) is 5.57 Å². The van der Waals surface area contributed by atoms with Crippen LogP contribution in [0.2, 0.25) is 0 Å². The van der Waals surface area contributed by atoms with Crippen molar-refractivity contribution in [2.75, 3.05) is 20.3 Å². The lowest BCUT2D eigenvalue weighted by Crippen LogP contribution is -2.07. The van der Waals surface area contributed by atoms with Crippen LogP contribution >= 0.6 is 8.58 Å². The van der Waals surface area contributed by atoms with Crippen molar-refractivity contribution >= 4 is 8.58 Å². The Morgan fingerprint density at radius 1 is 1.46 bits per heavy atom. The summed E-state index contributed by atoms with van der Waals surface area (Å²) in [6.07, 6.45) is 11.3. The quantitative estimate of drug-likeness (QED) is 0.680. The Morgan fingerprint density at radius 2 is 2.31 bits per heavy atom. The van der Waals surface area contributed by atoms with Gasteiger partial charge in [-0.3, -0.25) is 0 Å². The second-order valence-electron chi connectivity index (χ2n) is 3.14. The molecule has 0 heterocycles. The molecule has 1 rings (SSSR count). The van der Waals surface area contributed by atoms with E-state index in [9.17, 15) is 0 Å². The first kappa shape index (κ1) is 10.7. The lowest BCUT2D eigenvalue weighted by atomic mass is 10.1. The maximum atomic E-state index is 3.17. The van der Waals surface area contributed by atoms with Crippen molar-refractivity contribution < 1.29 is 0 Å². The highest BCUT2D eigenvalue weighted by Crippen LogP contribution is 2.25. The van der Waals surface area contributed by atoms with Crippen molar-refractivity contribution in [3.05, 3.63) is 35.2 Å². The number of nitrogens with one attached hydrogen (secondary N) is 1. The van der Waals surface area contributed by atoms with Crippen LogP contribution in [0.3, 0.4) is 0 Å². The predicted octanol–water partition coefficient (Wildman–Crippen LogP) is 2.67.